The summed E-state index contributed by atoms with van der Waals surface area (Å²) in [5.41, 5.74) is 4.85. The Morgan fingerprint density at radius 2 is 2.21 bits per heavy atom. The van der Waals surface area contributed by atoms with E-state index < -0.39 is 18.6 Å². The molecule has 19 heavy (non-hydrogen) atoms. The normalized spacial score (nSPS) is 37.9. The van der Waals surface area contributed by atoms with E-state index in [1.807, 2.05) is 0 Å². The van der Waals surface area contributed by atoms with Gasteiger partial charge in [-0.1, -0.05) is 6.42 Å². The Bertz CT molecular complexity index is 347. The van der Waals surface area contributed by atoms with Crippen LogP contribution >= 0.6 is 0 Å². The standard InChI is InChI=1S/C12H23BN2O4/c14-12(10(16)17)8-11(4-2-6-15-11)7-9(12)3-1-5-13(18)19/h9,15,18-19H,1-8,14H2,(H,16,17)/t9-,11-,12-/m0/s1. The second kappa shape index (κ2) is 5.40. The predicted octanol–water partition coefficient (Wildman–Crippen LogP) is -0.446. The summed E-state index contributed by atoms with van der Waals surface area (Å²) >= 11 is 0. The summed E-state index contributed by atoms with van der Waals surface area (Å²) in [5, 5.41) is 30.6. The molecule has 0 radical (unpaired) electrons. The molecule has 0 aromatic heterocycles. The maximum Gasteiger partial charge on any atom is 0.451 e. The highest BCUT2D eigenvalue weighted by Gasteiger charge is 2.56. The van der Waals surface area contributed by atoms with Crippen LogP contribution in [0.1, 0.15) is 38.5 Å². The van der Waals surface area contributed by atoms with Crippen molar-refractivity contribution in [2.45, 2.75) is 55.9 Å². The van der Waals surface area contributed by atoms with Gasteiger partial charge in [0.2, 0.25) is 0 Å². The van der Waals surface area contributed by atoms with E-state index in [9.17, 15) is 9.90 Å². The molecule has 1 heterocycles. The van der Waals surface area contributed by atoms with Crippen LogP contribution in [0.25, 0.3) is 0 Å². The van der Waals surface area contributed by atoms with Crippen molar-refractivity contribution in [1.82, 2.24) is 5.32 Å². The third kappa shape index (κ3) is 2.94. The van der Waals surface area contributed by atoms with Gasteiger partial charge in [-0.15, -0.1) is 0 Å². The van der Waals surface area contributed by atoms with Crippen LogP contribution in [0.2, 0.25) is 6.32 Å². The summed E-state index contributed by atoms with van der Waals surface area (Å²) in [7, 11) is -1.32. The van der Waals surface area contributed by atoms with Gasteiger partial charge in [0.1, 0.15) is 5.54 Å². The van der Waals surface area contributed by atoms with Gasteiger partial charge in [0.25, 0.3) is 0 Å². The molecule has 1 spiro atoms. The highest BCUT2D eigenvalue weighted by molar-refractivity contribution is 6.40. The third-order valence-corrected chi connectivity index (χ3v) is 4.74. The van der Waals surface area contributed by atoms with E-state index in [0.29, 0.717) is 19.3 Å². The molecule has 0 unspecified atom stereocenters. The first-order valence-electron chi connectivity index (χ1n) is 7.01. The maximum atomic E-state index is 11.5. The van der Waals surface area contributed by atoms with Crippen molar-refractivity contribution >= 4 is 13.1 Å². The molecule has 1 saturated heterocycles. The zero-order valence-corrected chi connectivity index (χ0v) is 11.1. The number of carboxylic acids is 1. The molecule has 2 fully saturated rings. The summed E-state index contributed by atoms with van der Waals surface area (Å²) in [4.78, 5) is 11.5. The molecule has 0 aromatic rings. The van der Waals surface area contributed by atoms with Gasteiger partial charge in [-0.2, -0.15) is 0 Å². The van der Waals surface area contributed by atoms with Gasteiger partial charge in [-0.3, -0.25) is 4.79 Å². The number of hydrogen-bond acceptors (Lipinski definition) is 5. The Labute approximate surface area is 113 Å². The summed E-state index contributed by atoms with van der Waals surface area (Å²) in [6, 6.07) is 0. The Kier molecular flexibility index (Phi) is 4.20. The quantitative estimate of drug-likeness (QED) is 0.432. The molecule has 1 aliphatic heterocycles. The van der Waals surface area contributed by atoms with Crippen LogP contribution in [-0.2, 0) is 4.79 Å². The van der Waals surface area contributed by atoms with Crippen LogP contribution in [-0.4, -0.2) is 45.9 Å². The molecule has 6 nitrogen and oxygen atoms in total. The van der Waals surface area contributed by atoms with E-state index in [-0.39, 0.29) is 17.8 Å². The van der Waals surface area contributed by atoms with Crippen molar-refractivity contribution in [3.05, 3.63) is 0 Å². The predicted molar refractivity (Wildman–Crippen MR) is 71.5 cm³/mol. The number of aliphatic carboxylic acids is 1. The van der Waals surface area contributed by atoms with Crippen molar-refractivity contribution in [3.63, 3.8) is 0 Å². The SMILES string of the molecule is N[C@@]1(C(=O)O)C[C@]2(CCCN2)C[C@@H]1CCCB(O)O. The van der Waals surface area contributed by atoms with Gasteiger partial charge < -0.3 is 26.2 Å². The summed E-state index contributed by atoms with van der Waals surface area (Å²) in [6.45, 7) is 0.928. The first kappa shape index (κ1) is 14.8. The fraction of sp³-hybridized carbons (Fsp3) is 0.917. The van der Waals surface area contributed by atoms with Crippen molar-refractivity contribution in [3.8, 4) is 0 Å². The summed E-state index contributed by atoms with van der Waals surface area (Å²) < 4.78 is 0. The molecule has 0 amide bonds. The first-order chi connectivity index (χ1) is 8.88. The number of rotatable bonds is 5. The van der Waals surface area contributed by atoms with E-state index in [4.69, 9.17) is 15.8 Å². The second-order valence-electron chi connectivity index (χ2n) is 6.15. The monoisotopic (exact) mass is 270 g/mol. The van der Waals surface area contributed by atoms with Gasteiger partial charge in [0.15, 0.2) is 0 Å². The molecule has 0 bridgehead atoms. The topological polar surface area (TPSA) is 116 Å². The highest BCUT2D eigenvalue weighted by Crippen LogP contribution is 2.47. The molecule has 6 N–H and O–H groups in total. The Morgan fingerprint density at radius 3 is 2.74 bits per heavy atom. The molecule has 0 aromatic carbocycles. The lowest BCUT2D eigenvalue weighted by molar-refractivity contribution is -0.145. The molecule has 1 aliphatic carbocycles. The largest absolute Gasteiger partial charge is 0.480 e. The first-order valence-corrected chi connectivity index (χ1v) is 7.01. The number of carboxylic acid groups (broad SMARTS) is 1. The molecule has 2 aliphatic rings. The minimum Gasteiger partial charge on any atom is -0.480 e. The number of carbonyl (C=O) groups is 1. The highest BCUT2D eigenvalue weighted by atomic mass is 16.4. The fourth-order valence-corrected chi connectivity index (χ4v) is 3.78. The Balaban J connectivity index is 2.04. The van der Waals surface area contributed by atoms with E-state index in [0.717, 1.165) is 25.8 Å². The van der Waals surface area contributed by atoms with Gasteiger partial charge in [-0.05, 0) is 50.9 Å². The summed E-state index contributed by atoms with van der Waals surface area (Å²) in [6.07, 6.45) is 4.79. The average molecular weight is 270 g/mol. The van der Waals surface area contributed by atoms with Gasteiger partial charge in [0, 0.05) is 5.54 Å². The van der Waals surface area contributed by atoms with Crippen molar-refractivity contribution in [1.29, 1.82) is 0 Å². The van der Waals surface area contributed by atoms with Crippen molar-refractivity contribution in [2.75, 3.05) is 6.54 Å². The molecule has 108 valence electrons. The van der Waals surface area contributed by atoms with Gasteiger partial charge in [-0.25, -0.2) is 0 Å². The van der Waals surface area contributed by atoms with Crippen LogP contribution in [0.5, 0.6) is 0 Å². The van der Waals surface area contributed by atoms with Gasteiger partial charge >= 0.3 is 13.1 Å². The van der Waals surface area contributed by atoms with Crippen molar-refractivity contribution < 1.29 is 19.9 Å². The number of hydrogen-bond donors (Lipinski definition) is 5. The van der Waals surface area contributed by atoms with Crippen molar-refractivity contribution in [2.24, 2.45) is 11.7 Å². The molecular formula is C12H23BN2O4. The molecule has 7 heteroatoms. The third-order valence-electron chi connectivity index (χ3n) is 4.74. The number of nitrogens with one attached hydrogen (secondary N) is 1. The minimum atomic E-state index is -1.32. The lowest BCUT2D eigenvalue weighted by atomic mass is 9.78. The van der Waals surface area contributed by atoms with E-state index >= 15 is 0 Å². The Hall–Kier alpha value is -0.625. The van der Waals surface area contributed by atoms with E-state index in [1.165, 1.54) is 0 Å². The molecule has 2 rings (SSSR count). The van der Waals surface area contributed by atoms with Crippen LogP contribution in [0, 0.1) is 5.92 Å². The summed E-state index contributed by atoms with van der Waals surface area (Å²) in [5.74, 6) is -1.04. The van der Waals surface area contributed by atoms with E-state index in [1.54, 1.807) is 0 Å². The van der Waals surface area contributed by atoms with Crippen LogP contribution in [0.4, 0.5) is 0 Å². The average Bonchev–Trinajstić information content (AvgIpc) is 2.86. The van der Waals surface area contributed by atoms with Crippen LogP contribution in [0.3, 0.4) is 0 Å². The zero-order valence-electron chi connectivity index (χ0n) is 11.1. The second-order valence-corrected chi connectivity index (χ2v) is 6.15. The number of nitrogens with two attached hydrogens (primary N) is 1. The lowest BCUT2D eigenvalue weighted by Crippen LogP contribution is -2.52. The Morgan fingerprint density at radius 1 is 1.47 bits per heavy atom. The minimum absolute atomic E-state index is 0.102. The van der Waals surface area contributed by atoms with Crippen LogP contribution < -0.4 is 11.1 Å². The smallest absolute Gasteiger partial charge is 0.451 e. The maximum absolute atomic E-state index is 11.5. The lowest BCUT2D eigenvalue weighted by Gasteiger charge is -2.27. The molecule has 3 atom stereocenters. The fourth-order valence-electron chi connectivity index (χ4n) is 3.78. The zero-order chi connectivity index (χ0) is 14.1. The van der Waals surface area contributed by atoms with Crippen LogP contribution in [0.15, 0.2) is 0 Å². The van der Waals surface area contributed by atoms with E-state index in [2.05, 4.69) is 5.32 Å². The molecule has 1 saturated carbocycles. The van der Waals surface area contributed by atoms with Gasteiger partial charge in [0.05, 0.1) is 0 Å². The molecular weight excluding hydrogens is 247 g/mol.